The van der Waals surface area contributed by atoms with Crippen molar-refractivity contribution in [1.82, 2.24) is 9.97 Å². The number of hydrogen-bond donors (Lipinski definition) is 1. The van der Waals surface area contributed by atoms with Crippen LogP contribution >= 0.6 is 0 Å². The molecule has 0 spiro atoms. The molecule has 1 unspecified atom stereocenters. The number of ether oxygens (including phenoxy) is 1. The molecular weight excluding hydrogens is 214 g/mol. The van der Waals surface area contributed by atoms with Crippen molar-refractivity contribution in [2.24, 2.45) is 0 Å². The number of aryl methyl sites for hydroxylation is 1. The maximum Gasteiger partial charge on any atom is 0.137 e. The van der Waals surface area contributed by atoms with E-state index in [1.165, 1.54) is 0 Å². The molecule has 2 aromatic rings. The van der Waals surface area contributed by atoms with E-state index in [9.17, 15) is 0 Å². The van der Waals surface area contributed by atoms with Crippen LogP contribution in [0.3, 0.4) is 0 Å². The van der Waals surface area contributed by atoms with Crippen LogP contribution in [0.15, 0.2) is 24.3 Å². The zero-order chi connectivity index (χ0) is 11.7. The SMILES string of the molecule is Cc1nc(NC2CCOC2)c2ccccc2n1. The van der Waals surface area contributed by atoms with Crippen molar-refractivity contribution < 1.29 is 4.74 Å². The van der Waals surface area contributed by atoms with Crippen LogP contribution in [0.5, 0.6) is 0 Å². The molecule has 1 aliphatic rings. The van der Waals surface area contributed by atoms with Crippen LogP contribution in [0.2, 0.25) is 0 Å². The van der Waals surface area contributed by atoms with Crippen LogP contribution in [-0.2, 0) is 4.74 Å². The molecule has 2 heterocycles. The van der Waals surface area contributed by atoms with Gasteiger partial charge in [-0.3, -0.25) is 0 Å². The van der Waals surface area contributed by atoms with Crippen LogP contribution < -0.4 is 5.32 Å². The third kappa shape index (κ3) is 2.08. The first kappa shape index (κ1) is 10.5. The van der Waals surface area contributed by atoms with E-state index in [1.54, 1.807) is 0 Å². The van der Waals surface area contributed by atoms with Crippen molar-refractivity contribution in [2.75, 3.05) is 18.5 Å². The minimum atomic E-state index is 0.368. The van der Waals surface area contributed by atoms with Gasteiger partial charge in [0.2, 0.25) is 0 Å². The number of nitrogens with zero attached hydrogens (tertiary/aromatic N) is 2. The lowest BCUT2D eigenvalue weighted by molar-refractivity contribution is 0.195. The highest BCUT2D eigenvalue weighted by Gasteiger charge is 2.17. The summed E-state index contributed by atoms with van der Waals surface area (Å²) in [5, 5.41) is 4.52. The molecule has 17 heavy (non-hydrogen) atoms. The summed E-state index contributed by atoms with van der Waals surface area (Å²) in [6.07, 6.45) is 1.04. The molecule has 1 aromatic carbocycles. The van der Waals surface area contributed by atoms with Gasteiger partial charge in [0.25, 0.3) is 0 Å². The number of fused-ring (bicyclic) bond motifs is 1. The largest absolute Gasteiger partial charge is 0.379 e. The summed E-state index contributed by atoms with van der Waals surface area (Å²) >= 11 is 0. The molecule has 1 aromatic heterocycles. The fourth-order valence-electron chi connectivity index (χ4n) is 2.14. The first-order valence-electron chi connectivity index (χ1n) is 5.90. The summed E-state index contributed by atoms with van der Waals surface area (Å²) in [7, 11) is 0. The zero-order valence-corrected chi connectivity index (χ0v) is 9.81. The average Bonchev–Trinajstić information content (AvgIpc) is 2.81. The Morgan fingerprint density at radius 1 is 1.29 bits per heavy atom. The molecule has 0 aliphatic carbocycles. The number of rotatable bonds is 2. The Kier molecular flexibility index (Phi) is 2.65. The Bertz CT molecular complexity index is 535. The van der Waals surface area contributed by atoms with Gasteiger partial charge in [-0.25, -0.2) is 9.97 Å². The second kappa shape index (κ2) is 4.30. The third-order valence-electron chi connectivity index (χ3n) is 2.99. The molecule has 1 atom stereocenters. The lowest BCUT2D eigenvalue weighted by Gasteiger charge is -2.13. The lowest BCUT2D eigenvalue weighted by Crippen LogP contribution is -2.20. The molecule has 4 nitrogen and oxygen atoms in total. The molecular formula is C13H15N3O. The number of hydrogen-bond acceptors (Lipinski definition) is 4. The molecule has 0 amide bonds. The summed E-state index contributed by atoms with van der Waals surface area (Å²) < 4.78 is 5.37. The molecule has 0 bridgehead atoms. The molecule has 1 fully saturated rings. The predicted molar refractivity (Wildman–Crippen MR) is 67.1 cm³/mol. The number of aromatic nitrogens is 2. The number of anilines is 1. The molecule has 1 saturated heterocycles. The first-order valence-corrected chi connectivity index (χ1v) is 5.90. The lowest BCUT2D eigenvalue weighted by atomic mass is 10.2. The van der Waals surface area contributed by atoms with Gasteiger partial charge in [0.15, 0.2) is 0 Å². The summed E-state index contributed by atoms with van der Waals surface area (Å²) in [4.78, 5) is 8.92. The van der Waals surface area contributed by atoms with E-state index in [1.807, 2.05) is 31.2 Å². The molecule has 1 aliphatic heterocycles. The Labute approximate surface area is 100 Å². The van der Waals surface area contributed by atoms with Gasteiger partial charge >= 0.3 is 0 Å². The molecule has 4 heteroatoms. The molecule has 3 rings (SSSR count). The zero-order valence-electron chi connectivity index (χ0n) is 9.81. The monoisotopic (exact) mass is 229 g/mol. The van der Waals surface area contributed by atoms with Gasteiger partial charge in [0.1, 0.15) is 11.6 Å². The fraction of sp³-hybridized carbons (Fsp3) is 0.385. The molecule has 88 valence electrons. The Balaban J connectivity index is 2.01. The number of nitrogens with one attached hydrogen (secondary N) is 1. The van der Waals surface area contributed by atoms with Gasteiger partial charge in [-0.15, -0.1) is 0 Å². The molecule has 0 radical (unpaired) electrons. The second-order valence-electron chi connectivity index (χ2n) is 4.34. The van der Waals surface area contributed by atoms with E-state index in [4.69, 9.17) is 4.74 Å². The first-order chi connectivity index (χ1) is 8.33. The highest BCUT2D eigenvalue weighted by atomic mass is 16.5. The van der Waals surface area contributed by atoms with Crippen molar-refractivity contribution in [3.63, 3.8) is 0 Å². The van der Waals surface area contributed by atoms with Crippen molar-refractivity contribution in [2.45, 2.75) is 19.4 Å². The van der Waals surface area contributed by atoms with Gasteiger partial charge in [-0.2, -0.15) is 0 Å². The molecule has 1 N–H and O–H groups in total. The van der Waals surface area contributed by atoms with E-state index < -0.39 is 0 Å². The maximum atomic E-state index is 5.37. The second-order valence-corrected chi connectivity index (χ2v) is 4.34. The Hall–Kier alpha value is -1.68. The van der Waals surface area contributed by atoms with Crippen molar-refractivity contribution in [3.8, 4) is 0 Å². The Morgan fingerprint density at radius 2 is 2.18 bits per heavy atom. The average molecular weight is 229 g/mol. The number of para-hydroxylation sites is 1. The van der Waals surface area contributed by atoms with Gasteiger partial charge < -0.3 is 10.1 Å². The fourth-order valence-corrected chi connectivity index (χ4v) is 2.14. The predicted octanol–water partition coefficient (Wildman–Crippen LogP) is 2.14. The summed E-state index contributed by atoms with van der Waals surface area (Å²) in [6, 6.07) is 8.44. The van der Waals surface area contributed by atoms with Gasteiger partial charge in [0.05, 0.1) is 18.2 Å². The summed E-state index contributed by atoms with van der Waals surface area (Å²) in [5.74, 6) is 1.72. The van der Waals surface area contributed by atoms with Crippen LogP contribution in [0.1, 0.15) is 12.2 Å². The third-order valence-corrected chi connectivity index (χ3v) is 2.99. The quantitative estimate of drug-likeness (QED) is 0.857. The highest BCUT2D eigenvalue weighted by Crippen LogP contribution is 2.21. The highest BCUT2D eigenvalue weighted by molar-refractivity contribution is 5.89. The van der Waals surface area contributed by atoms with Crippen molar-refractivity contribution in [1.29, 1.82) is 0 Å². The normalized spacial score (nSPS) is 19.7. The van der Waals surface area contributed by atoms with E-state index >= 15 is 0 Å². The maximum absolute atomic E-state index is 5.37. The molecule has 0 saturated carbocycles. The summed E-state index contributed by atoms with van der Waals surface area (Å²) in [6.45, 7) is 3.51. The van der Waals surface area contributed by atoms with E-state index in [2.05, 4.69) is 15.3 Å². The van der Waals surface area contributed by atoms with E-state index in [-0.39, 0.29) is 0 Å². The smallest absolute Gasteiger partial charge is 0.137 e. The van der Waals surface area contributed by atoms with Crippen LogP contribution in [-0.4, -0.2) is 29.2 Å². The van der Waals surface area contributed by atoms with E-state index in [0.717, 1.165) is 42.2 Å². The van der Waals surface area contributed by atoms with E-state index in [0.29, 0.717) is 6.04 Å². The van der Waals surface area contributed by atoms with Gasteiger partial charge in [-0.05, 0) is 25.5 Å². The Morgan fingerprint density at radius 3 is 3.00 bits per heavy atom. The van der Waals surface area contributed by atoms with Gasteiger partial charge in [0, 0.05) is 12.0 Å². The minimum absolute atomic E-state index is 0.368. The van der Waals surface area contributed by atoms with Crippen molar-refractivity contribution >= 4 is 16.7 Å². The number of benzene rings is 1. The van der Waals surface area contributed by atoms with Crippen LogP contribution in [0.25, 0.3) is 10.9 Å². The van der Waals surface area contributed by atoms with Crippen LogP contribution in [0.4, 0.5) is 5.82 Å². The van der Waals surface area contributed by atoms with Crippen molar-refractivity contribution in [3.05, 3.63) is 30.1 Å². The standard InChI is InChI=1S/C13H15N3O/c1-9-14-12-5-3-2-4-11(12)13(15-9)16-10-6-7-17-8-10/h2-5,10H,6-8H2,1H3,(H,14,15,16). The van der Waals surface area contributed by atoms with Crippen LogP contribution in [0, 0.1) is 6.92 Å². The minimum Gasteiger partial charge on any atom is -0.379 e. The summed E-state index contributed by atoms with van der Waals surface area (Å²) in [5.41, 5.74) is 0.987. The van der Waals surface area contributed by atoms with Gasteiger partial charge in [-0.1, -0.05) is 12.1 Å². The topological polar surface area (TPSA) is 47.0 Å².